The van der Waals surface area contributed by atoms with Crippen molar-refractivity contribution in [3.05, 3.63) is 94.4 Å². The Kier molecular flexibility index (Phi) is 8.00. The lowest BCUT2D eigenvalue weighted by atomic mass is 9.93. The average molecular weight is 520 g/mol. The van der Waals surface area contributed by atoms with E-state index in [0.717, 1.165) is 29.5 Å². The van der Waals surface area contributed by atoms with Crippen molar-refractivity contribution >= 4 is 15.9 Å². The lowest BCUT2D eigenvalue weighted by molar-refractivity contribution is 0.511. The van der Waals surface area contributed by atoms with Crippen LogP contribution in [0.2, 0.25) is 0 Å². The van der Waals surface area contributed by atoms with Crippen LogP contribution in [0.1, 0.15) is 80.5 Å². The number of aromatic nitrogens is 1. The summed E-state index contributed by atoms with van der Waals surface area (Å²) in [7, 11) is 2.64. The number of unbranched alkanes of at least 4 members (excludes halogenated alkanes) is 4. The van der Waals surface area contributed by atoms with Crippen molar-refractivity contribution in [3.63, 3.8) is 0 Å². The first-order valence-corrected chi connectivity index (χ1v) is 15.7. The third-order valence-corrected chi connectivity index (χ3v) is 10.4. The highest BCUT2D eigenvalue weighted by molar-refractivity contribution is 7.89. The lowest BCUT2D eigenvalue weighted by Gasteiger charge is -2.22. The molecule has 1 heterocycles. The summed E-state index contributed by atoms with van der Waals surface area (Å²) in [6, 6.07) is 19.2. The molecule has 0 radical (unpaired) electrons. The highest BCUT2D eigenvalue weighted by atomic mass is 31.8. The molecule has 1 atom stereocenters. The van der Waals surface area contributed by atoms with E-state index in [1.807, 2.05) is 12.1 Å². The molecule has 1 aromatic heterocycles. The molecule has 36 heavy (non-hydrogen) atoms. The number of nitrogens with zero attached hydrogens (tertiary/aromatic N) is 1. The third-order valence-electron chi connectivity index (χ3n) is 7.32. The molecule has 1 aliphatic carbocycles. The van der Waals surface area contributed by atoms with E-state index in [-0.39, 0.29) is 6.04 Å². The molecule has 0 bridgehead atoms. The summed E-state index contributed by atoms with van der Waals surface area (Å²) in [5.74, 6) is -1.56. The van der Waals surface area contributed by atoms with Crippen molar-refractivity contribution in [2.24, 2.45) is 0 Å². The van der Waals surface area contributed by atoms with Crippen molar-refractivity contribution < 1.29 is 8.78 Å². The van der Waals surface area contributed by atoms with Gasteiger partial charge in [0.15, 0.2) is 11.6 Å². The second kappa shape index (κ2) is 11.4. The van der Waals surface area contributed by atoms with Gasteiger partial charge in [0.1, 0.15) is 0 Å². The molecule has 4 aromatic rings. The summed E-state index contributed by atoms with van der Waals surface area (Å²) in [5, 5.41) is 1.57. The summed E-state index contributed by atoms with van der Waals surface area (Å²) < 4.78 is 32.0. The van der Waals surface area contributed by atoms with E-state index in [4.69, 9.17) is 0 Å². The van der Waals surface area contributed by atoms with Crippen molar-refractivity contribution in [2.45, 2.75) is 71.3 Å². The molecular formula is C31H33F2NP2. The second-order valence-corrected chi connectivity index (χ2v) is 12.2. The van der Waals surface area contributed by atoms with Crippen LogP contribution in [0.15, 0.2) is 60.7 Å². The Morgan fingerprint density at radius 1 is 0.722 bits per heavy atom. The number of rotatable bonds is 10. The monoisotopic (exact) mass is 519 g/mol. The van der Waals surface area contributed by atoms with E-state index in [1.165, 1.54) is 77.3 Å². The summed E-state index contributed by atoms with van der Waals surface area (Å²) in [6.07, 6.45) is 9.57. The Balaban J connectivity index is 1.69. The molecule has 0 fully saturated rings. The fourth-order valence-electron chi connectivity index (χ4n) is 5.52. The fraction of sp³-hybridized carbons (Fsp3) is 0.355. The normalized spacial score (nSPS) is 14.6. The lowest BCUT2D eigenvalue weighted by Crippen LogP contribution is -2.12. The summed E-state index contributed by atoms with van der Waals surface area (Å²) in [6.45, 7) is 4.51. The predicted octanol–water partition coefficient (Wildman–Crippen LogP) is 10.7. The SMILES string of the molecule is CCCCCc1ppn(C2c3ccccc3-c3cccc(-c4cccc(F)c4F)c32)c1CCCCC. The molecule has 0 saturated heterocycles. The summed E-state index contributed by atoms with van der Waals surface area (Å²) in [4.78, 5) is 0. The van der Waals surface area contributed by atoms with E-state index in [1.54, 1.807) is 17.4 Å². The number of hydrogen-bond donors (Lipinski definition) is 0. The van der Waals surface area contributed by atoms with E-state index >= 15 is 4.39 Å². The molecule has 3 aromatic carbocycles. The van der Waals surface area contributed by atoms with E-state index in [0.29, 0.717) is 5.56 Å². The van der Waals surface area contributed by atoms with Crippen molar-refractivity contribution in [1.82, 2.24) is 4.33 Å². The predicted molar refractivity (Wildman–Crippen MR) is 150 cm³/mol. The molecule has 1 nitrogen and oxygen atoms in total. The zero-order valence-corrected chi connectivity index (χ0v) is 22.9. The van der Waals surface area contributed by atoms with Crippen LogP contribution in [0.25, 0.3) is 22.3 Å². The molecule has 0 aliphatic heterocycles. The summed E-state index contributed by atoms with van der Waals surface area (Å²) >= 11 is 0. The standard InChI is InChI=1S/C31H33F2NP2/c1-3-5-7-19-27-28(20-8-6-4-2)35-36-34(27)31-25-14-10-9-13-21(25)22-15-11-16-23(29(22)31)24-17-12-18-26(32)30(24)33/h9-18,31H,3-8,19-20H2,1-2H3. The summed E-state index contributed by atoms with van der Waals surface area (Å²) in [5.41, 5.74) is 7.33. The van der Waals surface area contributed by atoms with Crippen LogP contribution < -0.4 is 0 Å². The Bertz CT molecular complexity index is 1360. The van der Waals surface area contributed by atoms with Gasteiger partial charge in [-0.05, 0) is 67.4 Å². The topological polar surface area (TPSA) is 4.93 Å². The van der Waals surface area contributed by atoms with Gasteiger partial charge in [-0.1, -0.05) is 94.1 Å². The van der Waals surface area contributed by atoms with Crippen molar-refractivity contribution in [2.75, 3.05) is 0 Å². The quantitative estimate of drug-likeness (QED) is 0.162. The highest BCUT2D eigenvalue weighted by Crippen LogP contribution is 2.53. The van der Waals surface area contributed by atoms with Gasteiger partial charge in [-0.3, -0.25) is 0 Å². The first-order chi connectivity index (χ1) is 17.7. The minimum Gasteiger partial charge on any atom is -0.312 e. The number of halogens is 2. The average Bonchev–Trinajstić information content (AvgIpc) is 3.44. The van der Waals surface area contributed by atoms with Crippen LogP contribution in [0, 0.1) is 11.6 Å². The molecule has 186 valence electrons. The fourth-order valence-corrected chi connectivity index (χ4v) is 8.96. The molecule has 1 unspecified atom stereocenters. The van der Waals surface area contributed by atoms with Gasteiger partial charge in [-0.25, -0.2) is 8.78 Å². The van der Waals surface area contributed by atoms with Crippen LogP contribution in [0.3, 0.4) is 0 Å². The number of benzene rings is 3. The van der Waals surface area contributed by atoms with Gasteiger partial charge >= 0.3 is 0 Å². The zero-order valence-electron chi connectivity index (χ0n) is 21.1. The van der Waals surface area contributed by atoms with E-state index < -0.39 is 11.6 Å². The molecule has 5 heteroatoms. The Morgan fingerprint density at radius 3 is 2.14 bits per heavy atom. The smallest absolute Gasteiger partial charge is 0.166 e. The number of hydrogen-bond acceptors (Lipinski definition) is 0. The molecule has 0 saturated carbocycles. The van der Waals surface area contributed by atoms with Gasteiger partial charge in [0.25, 0.3) is 0 Å². The molecule has 1 aliphatic rings. The maximum atomic E-state index is 15.1. The minimum atomic E-state index is -0.798. The van der Waals surface area contributed by atoms with Gasteiger partial charge in [-0.2, -0.15) is 0 Å². The number of fused-ring (bicyclic) bond motifs is 3. The Morgan fingerprint density at radius 2 is 1.36 bits per heavy atom. The van der Waals surface area contributed by atoms with Crippen LogP contribution in [0.5, 0.6) is 0 Å². The van der Waals surface area contributed by atoms with Crippen molar-refractivity contribution in [1.29, 1.82) is 0 Å². The minimum absolute atomic E-state index is 0.00420. The van der Waals surface area contributed by atoms with Gasteiger partial charge in [0, 0.05) is 24.6 Å². The maximum Gasteiger partial charge on any atom is 0.166 e. The molecule has 0 spiro atoms. The zero-order chi connectivity index (χ0) is 25.1. The van der Waals surface area contributed by atoms with E-state index in [9.17, 15) is 4.39 Å². The van der Waals surface area contributed by atoms with Crippen LogP contribution in [-0.4, -0.2) is 4.33 Å². The van der Waals surface area contributed by atoms with Crippen LogP contribution in [0.4, 0.5) is 8.78 Å². The first-order valence-electron chi connectivity index (χ1n) is 13.2. The van der Waals surface area contributed by atoms with Gasteiger partial charge in [0.05, 0.1) is 6.04 Å². The molecular weight excluding hydrogens is 486 g/mol. The molecule has 0 N–H and O–H groups in total. The highest BCUT2D eigenvalue weighted by Gasteiger charge is 2.34. The largest absolute Gasteiger partial charge is 0.312 e. The Labute approximate surface area is 216 Å². The number of aryl methyl sites for hydroxylation is 1. The van der Waals surface area contributed by atoms with Gasteiger partial charge in [-0.15, -0.1) is 0 Å². The molecule has 5 rings (SSSR count). The third kappa shape index (κ3) is 4.69. The Hall–Kier alpha value is -2.34. The molecule has 0 amide bonds. The van der Waals surface area contributed by atoms with Crippen LogP contribution in [-0.2, 0) is 12.8 Å². The maximum absolute atomic E-state index is 15.1. The van der Waals surface area contributed by atoms with Crippen molar-refractivity contribution in [3.8, 4) is 22.3 Å². The first kappa shape index (κ1) is 25.3. The van der Waals surface area contributed by atoms with E-state index in [2.05, 4.69) is 48.5 Å². The van der Waals surface area contributed by atoms with Gasteiger partial charge in [0.2, 0.25) is 0 Å². The van der Waals surface area contributed by atoms with Crippen LogP contribution >= 0.6 is 15.9 Å². The second-order valence-electron chi connectivity index (χ2n) is 9.70. The van der Waals surface area contributed by atoms with Gasteiger partial charge < -0.3 is 4.33 Å².